The first kappa shape index (κ1) is 12.4. The Hall–Kier alpha value is -1.63. The third-order valence-electron chi connectivity index (χ3n) is 1.78. The van der Waals surface area contributed by atoms with E-state index in [-0.39, 0.29) is 12.1 Å². The van der Waals surface area contributed by atoms with Crippen LogP contribution < -0.4 is 5.32 Å². The lowest BCUT2D eigenvalue weighted by atomic mass is 10.2. The van der Waals surface area contributed by atoms with Crippen molar-refractivity contribution in [1.82, 2.24) is 4.37 Å². The number of esters is 1. The molecule has 7 heteroatoms. The first-order valence-corrected chi connectivity index (χ1v) is 5.42. The van der Waals surface area contributed by atoms with Crippen molar-refractivity contribution in [1.29, 1.82) is 0 Å². The molecule has 0 aliphatic rings. The summed E-state index contributed by atoms with van der Waals surface area (Å²) in [6.07, 6.45) is 0. The first-order chi connectivity index (χ1) is 7.56. The fraction of sp³-hybridized carbons (Fsp3) is 0.444. The lowest BCUT2D eigenvalue weighted by Gasteiger charge is -2.04. The predicted octanol–water partition coefficient (Wildman–Crippen LogP) is 1.12. The van der Waals surface area contributed by atoms with Crippen LogP contribution in [0.3, 0.4) is 0 Å². The van der Waals surface area contributed by atoms with E-state index in [9.17, 15) is 9.59 Å². The molecule has 0 spiro atoms. The monoisotopic (exact) mass is 244 g/mol. The van der Waals surface area contributed by atoms with Gasteiger partial charge in [0.25, 0.3) is 0 Å². The predicted molar refractivity (Wildman–Crippen MR) is 58.9 cm³/mol. The van der Waals surface area contributed by atoms with Crippen LogP contribution >= 0.6 is 11.5 Å². The topological polar surface area (TPSA) is 88.5 Å². The molecule has 0 saturated carbocycles. The largest absolute Gasteiger partial charge is 0.478 e. The number of ether oxygens (including phenoxy) is 1. The summed E-state index contributed by atoms with van der Waals surface area (Å²) < 4.78 is 8.61. The normalized spacial score (nSPS) is 9.88. The third-order valence-corrected chi connectivity index (χ3v) is 2.67. The highest BCUT2D eigenvalue weighted by Crippen LogP contribution is 2.23. The molecule has 0 fully saturated rings. The Morgan fingerprint density at radius 3 is 2.81 bits per heavy atom. The molecule has 16 heavy (non-hydrogen) atoms. The van der Waals surface area contributed by atoms with Crippen LogP contribution in [0.5, 0.6) is 0 Å². The molecule has 0 atom stereocenters. The molecular formula is C9H12N2O4S. The van der Waals surface area contributed by atoms with Gasteiger partial charge in [-0.2, -0.15) is 4.37 Å². The maximum Gasteiger partial charge on any atom is 0.340 e. The van der Waals surface area contributed by atoms with Crippen molar-refractivity contribution in [3.8, 4) is 0 Å². The van der Waals surface area contributed by atoms with Crippen LogP contribution in [-0.2, 0) is 9.53 Å². The van der Waals surface area contributed by atoms with Crippen molar-refractivity contribution < 1.29 is 19.4 Å². The molecule has 0 amide bonds. The van der Waals surface area contributed by atoms with E-state index in [2.05, 4.69) is 9.69 Å². The molecule has 0 bridgehead atoms. The number of aryl methyl sites for hydroxylation is 1. The van der Waals surface area contributed by atoms with Crippen LogP contribution in [0.4, 0.5) is 5.00 Å². The standard InChI is InChI=1S/C9H12N2O4S/c1-3-15-6(12)4-10-8-7(9(13)14)5(2)11-16-8/h10H,3-4H2,1-2H3,(H,13,14). The van der Waals surface area contributed by atoms with Crippen molar-refractivity contribution in [3.63, 3.8) is 0 Å². The molecule has 1 aromatic rings. The molecule has 0 aliphatic heterocycles. The molecule has 0 aromatic carbocycles. The first-order valence-electron chi connectivity index (χ1n) is 4.65. The molecule has 0 saturated heterocycles. The van der Waals surface area contributed by atoms with E-state index in [0.29, 0.717) is 17.3 Å². The van der Waals surface area contributed by atoms with Crippen molar-refractivity contribution in [2.45, 2.75) is 13.8 Å². The second-order valence-corrected chi connectivity index (χ2v) is 3.71. The summed E-state index contributed by atoms with van der Waals surface area (Å²) in [4.78, 5) is 21.9. The number of carboxylic acid groups (broad SMARTS) is 1. The van der Waals surface area contributed by atoms with Gasteiger partial charge < -0.3 is 15.2 Å². The molecule has 2 N–H and O–H groups in total. The van der Waals surface area contributed by atoms with Crippen LogP contribution in [-0.4, -0.2) is 34.6 Å². The number of anilines is 1. The summed E-state index contributed by atoms with van der Waals surface area (Å²) in [5.41, 5.74) is 0.540. The molecule has 0 unspecified atom stereocenters. The molecular weight excluding hydrogens is 232 g/mol. The summed E-state index contributed by atoms with van der Waals surface area (Å²) in [5, 5.41) is 12.0. The van der Waals surface area contributed by atoms with Gasteiger partial charge >= 0.3 is 11.9 Å². The summed E-state index contributed by atoms with van der Waals surface area (Å²) in [6.45, 7) is 3.55. The lowest BCUT2D eigenvalue weighted by Crippen LogP contribution is -2.17. The van der Waals surface area contributed by atoms with Crippen molar-refractivity contribution >= 4 is 28.5 Å². The number of carbonyl (C=O) groups is 2. The van der Waals surface area contributed by atoms with Crippen molar-refractivity contribution in [3.05, 3.63) is 11.3 Å². The van der Waals surface area contributed by atoms with Crippen LogP contribution in [0.25, 0.3) is 0 Å². The summed E-state index contributed by atoms with van der Waals surface area (Å²) in [6, 6.07) is 0. The molecule has 1 heterocycles. The Balaban J connectivity index is 2.67. The zero-order valence-electron chi connectivity index (χ0n) is 8.94. The maximum absolute atomic E-state index is 11.1. The Kier molecular flexibility index (Phi) is 4.24. The highest BCUT2D eigenvalue weighted by Gasteiger charge is 2.17. The Morgan fingerprint density at radius 1 is 1.56 bits per heavy atom. The smallest absolute Gasteiger partial charge is 0.340 e. The SMILES string of the molecule is CCOC(=O)CNc1snc(C)c1C(=O)O. The number of hydrogen-bond donors (Lipinski definition) is 2. The molecule has 0 radical (unpaired) electrons. The number of nitrogens with one attached hydrogen (secondary N) is 1. The number of aromatic nitrogens is 1. The number of hydrogen-bond acceptors (Lipinski definition) is 6. The van der Waals surface area contributed by atoms with E-state index >= 15 is 0 Å². The molecule has 6 nitrogen and oxygen atoms in total. The average molecular weight is 244 g/mol. The van der Waals surface area contributed by atoms with Gasteiger partial charge in [-0.3, -0.25) is 4.79 Å². The molecule has 0 aliphatic carbocycles. The Labute approximate surface area is 96.4 Å². The second-order valence-electron chi connectivity index (χ2n) is 2.94. The van der Waals surface area contributed by atoms with Gasteiger partial charge in [0.05, 0.1) is 12.3 Å². The Morgan fingerprint density at radius 2 is 2.25 bits per heavy atom. The van der Waals surface area contributed by atoms with E-state index in [1.54, 1.807) is 13.8 Å². The Bertz CT molecular complexity index is 402. The minimum absolute atomic E-state index is 0.0598. The van der Waals surface area contributed by atoms with E-state index in [0.717, 1.165) is 11.5 Å². The van der Waals surface area contributed by atoms with E-state index in [1.165, 1.54) is 0 Å². The van der Waals surface area contributed by atoms with Gasteiger partial charge in [0.15, 0.2) is 0 Å². The van der Waals surface area contributed by atoms with Gasteiger partial charge in [0, 0.05) is 0 Å². The fourth-order valence-corrected chi connectivity index (χ4v) is 1.89. The van der Waals surface area contributed by atoms with Gasteiger partial charge in [-0.1, -0.05) is 0 Å². The molecule has 1 rings (SSSR count). The average Bonchev–Trinajstić information content (AvgIpc) is 2.57. The fourth-order valence-electron chi connectivity index (χ4n) is 1.11. The van der Waals surface area contributed by atoms with Gasteiger partial charge in [-0.15, -0.1) is 0 Å². The highest BCUT2D eigenvalue weighted by molar-refractivity contribution is 7.10. The number of rotatable bonds is 5. The molecule has 1 aromatic heterocycles. The summed E-state index contributed by atoms with van der Waals surface area (Å²) in [5.74, 6) is -1.48. The van der Waals surface area contributed by atoms with Gasteiger partial charge in [0.2, 0.25) is 0 Å². The zero-order chi connectivity index (χ0) is 12.1. The maximum atomic E-state index is 11.1. The van der Waals surface area contributed by atoms with Crippen LogP contribution in [0, 0.1) is 6.92 Å². The second kappa shape index (κ2) is 5.45. The van der Waals surface area contributed by atoms with Crippen molar-refractivity contribution in [2.75, 3.05) is 18.5 Å². The van der Waals surface area contributed by atoms with Crippen LogP contribution in [0.15, 0.2) is 0 Å². The lowest BCUT2D eigenvalue weighted by molar-refractivity contribution is -0.140. The minimum Gasteiger partial charge on any atom is -0.478 e. The van der Waals surface area contributed by atoms with E-state index in [4.69, 9.17) is 9.84 Å². The number of aromatic carboxylic acids is 1. The third kappa shape index (κ3) is 2.93. The zero-order valence-corrected chi connectivity index (χ0v) is 9.76. The minimum atomic E-state index is -1.06. The van der Waals surface area contributed by atoms with E-state index < -0.39 is 11.9 Å². The van der Waals surface area contributed by atoms with Crippen molar-refractivity contribution in [2.24, 2.45) is 0 Å². The van der Waals surface area contributed by atoms with Crippen LogP contribution in [0.2, 0.25) is 0 Å². The van der Waals surface area contributed by atoms with Crippen LogP contribution in [0.1, 0.15) is 23.0 Å². The highest BCUT2D eigenvalue weighted by atomic mass is 32.1. The summed E-state index contributed by atoms with van der Waals surface area (Å²) in [7, 11) is 0. The number of nitrogens with zero attached hydrogens (tertiary/aromatic N) is 1. The van der Waals surface area contributed by atoms with E-state index in [1.807, 2.05) is 0 Å². The number of carboxylic acids is 1. The number of carbonyl (C=O) groups excluding carboxylic acids is 1. The van der Waals surface area contributed by atoms with Gasteiger partial charge in [0.1, 0.15) is 17.1 Å². The molecule has 88 valence electrons. The van der Waals surface area contributed by atoms with Gasteiger partial charge in [-0.25, -0.2) is 4.79 Å². The summed E-state index contributed by atoms with van der Waals surface area (Å²) >= 11 is 1.01. The quantitative estimate of drug-likeness (QED) is 0.755. The van der Waals surface area contributed by atoms with Gasteiger partial charge in [-0.05, 0) is 25.4 Å².